The lowest BCUT2D eigenvalue weighted by atomic mass is 9.69. The molecule has 0 amide bonds. The number of nitrogens with one attached hydrogen (secondary N) is 1. The Hall–Kier alpha value is -0.400. The van der Waals surface area contributed by atoms with Crippen LogP contribution in [0.3, 0.4) is 0 Å². The standard InChI is InChI=1S/C16H21Cl2N/c17-13-6-8-15(18)16(10-13)19-14-7-5-11-3-1-2-4-12(11)9-14/h6,8,10-12,14,19H,1-5,7,9H2. The van der Waals surface area contributed by atoms with Crippen LogP contribution in [0.15, 0.2) is 18.2 Å². The number of fused-ring (bicyclic) bond motifs is 1. The number of rotatable bonds is 2. The number of hydrogen-bond acceptors (Lipinski definition) is 1. The van der Waals surface area contributed by atoms with Gasteiger partial charge in [-0.25, -0.2) is 0 Å². The summed E-state index contributed by atoms with van der Waals surface area (Å²) in [5, 5.41) is 5.13. The lowest BCUT2D eigenvalue weighted by molar-refractivity contribution is 0.162. The molecule has 19 heavy (non-hydrogen) atoms. The zero-order chi connectivity index (χ0) is 13.2. The Labute approximate surface area is 125 Å². The predicted molar refractivity (Wildman–Crippen MR) is 83.2 cm³/mol. The smallest absolute Gasteiger partial charge is 0.0638 e. The number of halogens is 2. The molecule has 3 rings (SSSR count). The molecule has 0 saturated heterocycles. The van der Waals surface area contributed by atoms with Gasteiger partial charge in [0.25, 0.3) is 0 Å². The molecule has 3 heteroatoms. The minimum Gasteiger partial charge on any atom is -0.381 e. The Morgan fingerprint density at radius 3 is 2.58 bits per heavy atom. The second-order valence-corrected chi connectivity index (χ2v) is 6.93. The monoisotopic (exact) mass is 297 g/mol. The van der Waals surface area contributed by atoms with E-state index in [0.29, 0.717) is 6.04 Å². The van der Waals surface area contributed by atoms with Crippen molar-refractivity contribution in [1.82, 2.24) is 0 Å². The normalized spacial score (nSPS) is 30.7. The predicted octanol–water partition coefficient (Wildman–Crippen LogP) is 5.76. The van der Waals surface area contributed by atoms with Crippen molar-refractivity contribution < 1.29 is 0 Å². The second kappa shape index (κ2) is 5.93. The molecule has 0 bridgehead atoms. The van der Waals surface area contributed by atoms with Crippen LogP contribution in [-0.2, 0) is 0 Å². The van der Waals surface area contributed by atoms with Gasteiger partial charge in [-0.15, -0.1) is 0 Å². The lowest BCUT2D eigenvalue weighted by Gasteiger charge is -2.40. The van der Waals surface area contributed by atoms with E-state index in [2.05, 4.69) is 5.32 Å². The molecule has 104 valence electrons. The Kier molecular flexibility index (Phi) is 4.24. The van der Waals surface area contributed by atoms with E-state index >= 15 is 0 Å². The van der Waals surface area contributed by atoms with Gasteiger partial charge in [0.1, 0.15) is 0 Å². The molecule has 1 aromatic carbocycles. The molecule has 3 atom stereocenters. The molecule has 1 aromatic rings. The average molecular weight is 298 g/mol. The molecule has 3 unspecified atom stereocenters. The first kappa shape index (κ1) is 13.6. The molecule has 2 aliphatic carbocycles. The van der Waals surface area contributed by atoms with Crippen molar-refractivity contribution >= 4 is 28.9 Å². The third-order valence-corrected chi connectivity index (χ3v) is 5.39. The third kappa shape index (κ3) is 3.20. The van der Waals surface area contributed by atoms with Crippen LogP contribution in [0.25, 0.3) is 0 Å². The van der Waals surface area contributed by atoms with Gasteiger partial charge in [-0.2, -0.15) is 0 Å². The van der Waals surface area contributed by atoms with Crippen LogP contribution in [-0.4, -0.2) is 6.04 Å². The largest absolute Gasteiger partial charge is 0.381 e. The number of benzene rings is 1. The maximum absolute atomic E-state index is 6.23. The van der Waals surface area contributed by atoms with Gasteiger partial charge >= 0.3 is 0 Å². The van der Waals surface area contributed by atoms with Crippen molar-refractivity contribution in [3.8, 4) is 0 Å². The lowest BCUT2D eigenvalue weighted by Crippen LogP contribution is -2.34. The molecule has 1 N–H and O–H groups in total. The fourth-order valence-corrected chi connectivity index (χ4v) is 4.18. The molecule has 0 aromatic heterocycles. The maximum Gasteiger partial charge on any atom is 0.0638 e. The van der Waals surface area contributed by atoms with Crippen molar-refractivity contribution in [1.29, 1.82) is 0 Å². The van der Waals surface area contributed by atoms with E-state index in [9.17, 15) is 0 Å². The molecule has 1 nitrogen and oxygen atoms in total. The molecular weight excluding hydrogens is 277 g/mol. The van der Waals surface area contributed by atoms with Crippen LogP contribution in [0.2, 0.25) is 10.0 Å². The summed E-state index contributed by atoms with van der Waals surface area (Å²) < 4.78 is 0. The highest BCUT2D eigenvalue weighted by atomic mass is 35.5. The fraction of sp³-hybridized carbons (Fsp3) is 0.625. The van der Waals surface area contributed by atoms with Gasteiger partial charge in [0.05, 0.1) is 10.7 Å². The Bertz CT molecular complexity index is 446. The molecule has 2 fully saturated rings. The van der Waals surface area contributed by atoms with Gasteiger partial charge in [0, 0.05) is 11.1 Å². The van der Waals surface area contributed by atoms with E-state index in [0.717, 1.165) is 27.6 Å². The van der Waals surface area contributed by atoms with Gasteiger partial charge in [0.15, 0.2) is 0 Å². The maximum atomic E-state index is 6.23. The second-order valence-electron chi connectivity index (χ2n) is 6.08. The van der Waals surface area contributed by atoms with Crippen molar-refractivity contribution in [3.63, 3.8) is 0 Å². The first-order chi connectivity index (χ1) is 9.22. The SMILES string of the molecule is Clc1ccc(Cl)c(NC2CCC3CCCCC3C2)c1. The van der Waals surface area contributed by atoms with E-state index in [1.54, 1.807) is 0 Å². The number of hydrogen-bond donors (Lipinski definition) is 1. The van der Waals surface area contributed by atoms with Crippen molar-refractivity contribution in [2.45, 2.75) is 51.0 Å². The first-order valence-electron chi connectivity index (χ1n) is 7.44. The van der Waals surface area contributed by atoms with Crippen LogP contribution in [0.1, 0.15) is 44.9 Å². The fourth-order valence-electron chi connectivity index (χ4n) is 3.83. The number of anilines is 1. The quantitative estimate of drug-likeness (QED) is 0.731. The van der Waals surface area contributed by atoms with Gasteiger partial charge < -0.3 is 5.32 Å². The highest BCUT2D eigenvalue weighted by molar-refractivity contribution is 6.35. The van der Waals surface area contributed by atoms with Crippen LogP contribution >= 0.6 is 23.2 Å². The molecule has 0 heterocycles. The Morgan fingerprint density at radius 1 is 0.947 bits per heavy atom. The van der Waals surface area contributed by atoms with Gasteiger partial charge in [-0.05, 0) is 49.3 Å². The molecule has 2 aliphatic rings. The summed E-state index contributed by atoms with van der Waals surface area (Å²) in [6.45, 7) is 0. The topological polar surface area (TPSA) is 12.0 Å². The van der Waals surface area contributed by atoms with Gasteiger partial charge in [-0.1, -0.05) is 48.9 Å². The first-order valence-corrected chi connectivity index (χ1v) is 8.19. The van der Waals surface area contributed by atoms with Gasteiger partial charge in [0.2, 0.25) is 0 Å². The highest BCUT2D eigenvalue weighted by Gasteiger charge is 2.32. The van der Waals surface area contributed by atoms with Crippen LogP contribution in [0.4, 0.5) is 5.69 Å². The minimum absolute atomic E-state index is 0.565. The summed E-state index contributed by atoms with van der Waals surface area (Å²) in [6.07, 6.45) is 9.69. The van der Waals surface area contributed by atoms with Crippen LogP contribution in [0, 0.1) is 11.8 Å². The van der Waals surface area contributed by atoms with Gasteiger partial charge in [-0.3, -0.25) is 0 Å². The minimum atomic E-state index is 0.565. The summed E-state index contributed by atoms with van der Waals surface area (Å²) in [5.74, 6) is 1.92. The highest BCUT2D eigenvalue weighted by Crippen LogP contribution is 2.41. The molecular formula is C16H21Cl2N. The molecule has 0 radical (unpaired) electrons. The zero-order valence-electron chi connectivity index (χ0n) is 11.2. The van der Waals surface area contributed by atoms with E-state index in [4.69, 9.17) is 23.2 Å². The van der Waals surface area contributed by atoms with E-state index in [1.165, 1.54) is 44.9 Å². The van der Waals surface area contributed by atoms with Crippen molar-refractivity contribution in [2.75, 3.05) is 5.32 Å². The Balaban J connectivity index is 1.65. The summed E-state index contributed by atoms with van der Waals surface area (Å²) in [4.78, 5) is 0. The van der Waals surface area contributed by atoms with Crippen LogP contribution < -0.4 is 5.32 Å². The van der Waals surface area contributed by atoms with Crippen molar-refractivity contribution in [3.05, 3.63) is 28.2 Å². The van der Waals surface area contributed by atoms with Crippen LogP contribution in [0.5, 0.6) is 0 Å². The van der Waals surface area contributed by atoms with E-state index in [1.807, 2.05) is 18.2 Å². The molecule has 0 spiro atoms. The van der Waals surface area contributed by atoms with E-state index < -0.39 is 0 Å². The summed E-state index contributed by atoms with van der Waals surface area (Å²) in [5.41, 5.74) is 0.994. The average Bonchev–Trinajstić information content (AvgIpc) is 2.43. The summed E-state index contributed by atoms with van der Waals surface area (Å²) in [7, 11) is 0. The van der Waals surface area contributed by atoms with Crippen molar-refractivity contribution in [2.24, 2.45) is 11.8 Å². The molecule has 0 aliphatic heterocycles. The zero-order valence-corrected chi connectivity index (χ0v) is 12.7. The molecule has 2 saturated carbocycles. The Morgan fingerprint density at radius 2 is 1.74 bits per heavy atom. The summed E-state index contributed by atoms with van der Waals surface area (Å²) >= 11 is 12.3. The third-order valence-electron chi connectivity index (χ3n) is 4.83. The van der Waals surface area contributed by atoms with E-state index in [-0.39, 0.29) is 0 Å². The summed E-state index contributed by atoms with van der Waals surface area (Å²) in [6, 6.07) is 6.22.